The second-order valence-electron chi connectivity index (χ2n) is 4.69. The summed E-state index contributed by atoms with van der Waals surface area (Å²) in [7, 11) is 1.57. The topological polar surface area (TPSA) is 40.8 Å². The van der Waals surface area contributed by atoms with Crippen molar-refractivity contribution in [3.63, 3.8) is 0 Å². The molecule has 21 heavy (non-hydrogen) atoms. The van der Waals surface area contributed by atoms with Gasteiger partial charge in [-0.25, -0.2) is 4.39 Å². The quantitative estimate of drug-likeness (QED) is 0.719. The Hall–Kier alpha value is -2.01. The maximum absolute atomic E-state index is 14.5. The highest BCUT2D eigenvalue weighted by atomic mass is 79.9. The molecule has 0 unspecified atom stereocenters. The first-order valence-corrected chi connectivity index (χ1v) is 7.29. The number of benzene rings is 1. The molecule has 0 aliphatic heterocycles. The van der Waals surface area contributed by atoms with Gasteiger partial charge in [0.2, 0.25) is 0 Å². The van der Waals surface area contributed by atoms with Gasteiger partial charge in [0.1, 0.15) is 11.6 Å². The molecule has 3 rings (SSSR count). The Kier molecular flexibility index (Phi) is 3.84. The van der Waals surface area contributed by atoms with Crippen molar-refractivity contribution in [1.29, 1.82) is 0 Å². The average molecular weight is 349 g/mol. The van der Waals surface area contributed by atoms with E-state index >= 15 is 0 Å². The van der Waals surface area contributed by atoms with Gasteiger partial charge >= 0.3 is 0 Å². The molecule has 0 bridgehead atoms. The summed E-state index contributed by atoms with van der Waals surface area (Å²) in [5.41, 5.74) is 2.39. The van der Waals surface area contributed by atoms with E-state index in [0.29, 0.717) is 15.8 Å². The normalized spacial score (nSPS) is 11.0. The van der Waals surface area contributed by atoms with Crippen LogP contribution in [0.2, 0.25) is 0 Å². The summed E-state index contributed by atoms with van der Waals surface area (Å²) in [6.07, 6.45) is 3.67. The van der Waals surface area contributed by atoms with E-state index in [1.807, 2.05) is 36.7 Å². The lowest BCUT2D eigenvalue weighted by atomic mass is 9.92. The average Bonchev–Trinajstić information content (AvgIpc) is 3.15. The molecule has 2 aromatic heterocycles. The van der Waals surface area contributed by atoms with Crippen LogP contribution in [0.3, 0.4) is 0 Å². The van der Waals surface area contributed by atoms with Gasteiger partial charge in [0.25, 0.3) is 0 Å². The third-order valence-electron chi connectivity index (χ3n) is 3.45. The minimum Gasteiger partial charge on any atom is -0.496 e. The Morgan fingerprint density at radius 2 is 1.71 bits per heavy atom. The number of methoxy groups -OCH3 is 1. The van der Waals surface area contributed by atoms with Crippen molar-refractivity contribution in [2.24, 2.45) is 0 Å². The molecule has 2 heterocycles. The molecule has 3 aromatic rings. The molecule has 0 radical (unpaired) electrons. The second kappa shape index (κ2) is 5.77. The van der Waals surface area contributed by atoms with E-state index < -0.39 is 0 Å². The van der Waals surface area contributed by atoms with Gasteiger partial charge in [-0.3, -0.25) is 0 Å². The summed E-state index contributed by atoms with van der Waals surface area (Å²) in [4.78, 5) is 6.33. The van der Waals surface area contributed by atoms with Crippen LogP contribution in [0, 0.1) is 5.82 Å². The number of rotatable bonds is 4. The first kappa shape index (κ1) is 13.9. The van der Waals surface area contributed by atoms with Crippen LogP contribution in [0.1, 0.15) is 22.9 Å². The highest BCUT2D eigenvalue weighted by Crippen LogP contribution is 2.36. The molecule has 0 amide bonds. The predicted octanol–water partition coefficient (Wildman–Crippen LogP) is 4.43. The summed E-state index contributed by atoms with van der Waals surface area (Å²) in [6.45, 7) is 0. The van der Waals surface area contributed by atoms with Crippen molar-refractivity contribution >= 4 is 15.9 Å². The van der Waals surface area contributed by atoms with Crippen LogP contribution < -0.4 is 4.74 Å². The monoisotopic (exact) mass is 348 g/mol. The minimum atomic E-state index is -0.281. The van der Waals surface area contributed by atoms with Crippen molar-refractivity contribution in [2.75, 3.05) is 7.11 Å². The largest absolute Gasteiger partial charge is 0.496 e. The van der Waals surface area contributed by atoms with Gasteiger partial charge in [-0.2, -0.15) is 0 Å². The van der Waals surface area contributed by atoms with Crippen LogP contribution in [0.4, 0.5) is 4.39 Å². The van der Waals surface area contributed by atoms with Gasteiger partial charge in [-0.1, -0.05) is 0 Å². The van der Waals surface area contributed by atoms with Crippen LogP contribution in [0.25, 0.3) is 0 Å². The van der Waals surface area contributed by atoms with Crippen molar-refractivity contribution in [3.8, 4) is 5.75 Å². The van der Waals surface area contributed by atoms with Crippen LogP contribution in [-0.2, 0) is 0 Å². The molecular formula is C16H14BrFN2O. The van der Waals surface area contributed by atoms with E-state index in [4.69, 9.17) is 4.74 Å². The van der Waals surface area contributed by atoms with E-state index in [2.05, 4.69) is 25.9 Å². The van der Waals surface area contributed by atoms with Crippen LogP contribution in [0.15, 0.2) is 53.3 Å². The third kappa shape index (κ3) is 2.61. The molecule has 5 heteroatoms. The van der Waals surface area contributed by atoms with E-state index in [0.717, 1.165) is 11.4 Å². The number of hydrogen-bond acceptors (Lipinski definition) is 1. The van der Waals surface area contributed by atoms with E-state index in [-0.39, 0.29) is 11.7 Å². The van der Waals surface area contributed by atoms with Gasteiger partial charge in [0, 0.05) is 29.3 Å². The number of nitrogens with one attached hydrogen (secondary N) is 2. The van der Waals surface area contributed by atoms with Crippen LogP contribution >= 0.6 is 15.9 Å². The Bertz CT molecular complexity index is 689. The van der Waals surface area contributed by atoms with Crippen LogP contribution in [-0.4, -0.2) is 17.1 Å². The molecule has 0 atom stereocenters. The number of halogens is 2. The van der Waals surface area contributed by atoms with Crippen LogP contribution in [0.5, 0.6) is 5.75 Å². The molecule has 108 valence electrons. The maximum atomic E-state index is 14.5. The predicted molar refractivity (Wildman–Crippen MR) is 83.2 cm³/mol. The van der Waals surface area contributed by atoms with Gasteiger partial charge in [0.05, 0.1) is 17.5 Å². The fourth-order valence-electron chi connectivity index (χ4n) is 2.47. The fraction of sp³-hybridized carbons (Fsp3) is 0.125. The summed E-state index contributed by atoms with van der Waals surface area (Å²) in [6, 6.07) is 10.9. The standard InChI is InChI=1S/C16H14BrFN2O/c1-21-15-8-10(12(18)9-11(15)17)16(13-4-2-6-19-13)14-5-3-7-20-14/h2-9,16,19-20H,1H3. The third-order valence-corrected chi connectivity index (χ3v) is 4.07. The SMILES string of the molecule is COc1cc(C(c2ccc[nH]2)c2ccc[nH]2)c(F)cc1Br. The zero-order valence-corrected chi connectivity index (χ0v) is 12.9. The molecule has 0 fully saturated rings. The number of hydrogen-bond donors (Lipinski definition) is 2. The van der Waals surface area contributed by atoms with Crippen molar-refractivity contribution in [3.05, 3.63) is 76.0 Å². The van der Waals surface area contributed by atoms with Crippen molar-refractivity contribution in [2.45, 2.75) is 5.92 Å². The molecular weight excluding hydrogens is 335 g/mol. The Morgan fingerprint density at radius 3 is 2.19 bits per heavy atom. The first-order chi connectivity index (χ1) is 10.2. The van der Waals surface area contributed by atoms with Crippen molar-refractivity contribution in [1.82, 2.24) is 9.97 Å². The van der Waals surface area contributed by atoms with E-state index in [1.54, 1.807) is 13.2 Å². The maximum Gasteiger partial charge on any atom is 0.133 e. The van der Waals surface area contributed by atoms with Crippen molar-refractivity contribution < 1.29 is 9.13 Å². The molecule has 0 aliphatic rings. The molecule has 3 nitrogen and oxygen atoms in total. The summed E-state index contributed by atoms with van der Waals surface area (Å²) in [5, 5.41) is 0. The second-order valence-corrected chi connectivity index (χ2v) is 5.55. The zero-order valence-electron chi connectivity index (χ0n) is 11.4. The Morgan fingerprint density at radius 1 is 1.10 bits per heavy atom. The van der Waals surface area contributed by atoms with Gasteiger partial charge < -0.3 is 14.7 Å². The highest BCUT2D eigenvalue weighted by Gasteiger charge is 2.23. The molecule has 0 saturated heterocycles. The molecule has 0 aliphatic carbocycles. The zero-order chi connectivity index (χ0) is 14.8. The summed E-state index contributed by atoms with van der Waals surface area (Å²) >= 11 is 3.31. The van der Waals surface area contributed by atoms with Gasteiger partial charge in [0.15, 0.2) is 0 Å². The lowest BCUT2D eigenvalue weighted by Crippen LogP contribution is -2.07. The summed E-state index contributed by atoms with van der Waals surface area (Å²) < 4.78 is 20.4. The van der Waals surface area contributed by atoms with Gasteiger partial charge in [-0.15, -0.1) is 0 Å². The lowest BCUT2D eigenvalue weighted by Gasteiger charge is -2.17. The smallest absolute Gasteiger partial charge is 0.133 e. The fourth-order valence-corrected chi connectivity index (χ4v) is 2.95. The first-order valence-electron chi connectivity index (χ1n) is 6.50. The molecule has 2 N–H and O–H groups in total. The minimum absolute atomic E-state index is 0.239. The van der Waals surface area contributed by atoms with E-state index in [1.165, 1.54) is 6.07 Å². The number of H-pyrrole nitrogens is 2. The number of aromatic amines is 2. The van der Waals surface area contributed by atoms with E-state index in [9.17, 15) is 4.39 Å². The Labute approximate surface area is 130 Å². The molecule has 1 aromatic carbocycles. The highest BCUT2D eigenvalue weighted by molar-refractivity contribution is 9.10. The lowest BCUT2D eigenvalue weighted by molar-refractivity contribution is 0.409. The molecule has 0 spiro atoms. The summed E-state index contributed by atoms with van der Waals surface area (Å²) in [5.74, 6) is 0.0865. The van der Waals surface area contributed by atoms with Gasteiger partial charge in [-0.05, 0) is 52.3 Å². The Balaban J connectivity index is 2.18. The number of ether oxygens (including phenoxy) is 1. The molecule has 0 saturated carbocycles. The number of aromatic nitrogens is 2.